The van der Waals surface area contributed by atoms with Crippen LogP contribution in [0.3, 0.4) is 0 Å². The van der Waals surface area contributed by atoms with E-state index in [-0.39, 0.29) is 17.9 Å². The van der Waals surface area contributed by atoms with E-state index in [0.717, 1.165) is 30.8 Å². The highest BCUT2D eigenvalue weighted by molar-refractivity contribution is 6.03. The number of carbonyl (C=O) groups is 2. The van der Waals surface area contributed by atoms with Crippen LogP contribution in [-0.4, -0.2) is 38.2 Å². The van der Waals surface area contributed by atoms with Crippen molar-refractivity contribution in [3.8, 4) is 5.75 Å². The molecule has 2 amide bonds. The number of hydrogen-bond acceptors (Lipinski definition) is 4. The van der Waals surface area contributed by atoms with E-state index >= 15 is 0 Å². The van der Waals surface area contributed by atoms with Crippen molar-refractivity contribution < 1.29 is 19.1 Å². The summed E-state index contributed by atoms with van der Waals surface area (Å²) in [5.41, 5.74) is 2.00. The highest BCUT2D eigenvalue weighted by Gasteiger charge is 2.18. The van der Waals surface area contributed by atoms with E-state index in [1.807, 2.05) is 24.3 Å². The average Bonchev–Trinajstić information content (AvgIpc) is 3.25. The molecule has 2 aromatic carbocycles. The zero-order chi connectivity index (χ0) is 19.8. The van der Waals surface area contributed by atoms with Crippen molar-refractivity contribution in [2.24, 2.45) is 0 Å². The number of benzene rings is 2. The number of nitrogens with one attached hydrogen (secondary N) is 2. The molecule has 148 valence electrons. The molecule has 1 aliphatic heterocycles. The Balaban J connectivity index is 1.55. The number of hydrogen-bond donors (Lipinski definition) is 2. The minimum Gasteiger partial charge on any atom is -0.497 e. The fourth-order valence-corrected chi connectivity index (χ4v) is 3.20. The van der Waals surface area contributed by atoms with Crippen LogP contribution >= 0.6 is 0 Å². The number of anilines is 1. The van der Waals surface area contributed by atoms with Crippen molar-refractivity contribution in [2.75, 3.05) is 25.6 Å². The van der Waals surface area contributed by atoms with Crippen LogP contribution in [0.15, 0.2) is 48.5 Å². The van der Waals surface area contributed by atoms with Crippen molar-refractivity contribution in [1.29, 1.82) is 0 Å². The summed E-state index contributed by atoms with van der Waals surface area (Å²) in [5.74, 6) is 0.424. The predicted octanol–water partition coefficient (Wildman–Crippen LogP) is 3.18. The molecule has 2 N–H and O–H groups in total. The Hall–Kier alpha value is -2.86. The molecule has 0 radical (unpaired) electrons. The fourth-order valence-electron chi connectivity index (χ4n) is 3.20. The van der Waals surface area contributed by atoms with E-state index in [0.29, 0.717) is 30.6 Å². The second-order valence-electron chi connectivity index (χ2n) is 6.79. The number of methoxy groups -OCH3 is 1. The Bertz CT molecular complexity index is 816. The first-order valence-electron chi connectivity index (χ1n) is 9.57. The van der Waals surface area contributed by atoms with Gasteiger partial charge in [-0.25, -0.2) is 0 Å². The molecule has 1 heterocycles. The lowest BCUT2D eigenvalue weighted by molar-refractivity contribution is -0.116. The van der Waals surface area contributed by atoms with Crippen LogP contribution in [0.5, 0.6) is 5.75 Å². The van der Waals surface area contributed by atoms with Crippen LogP contribution in [0.1, 0.15) is 35.2 Å². The zero-order valence-electron chi connectivity index (χ0n) is 16.1. The molecule has 1 atom stereocenters. The Morgan fingerprint density at radius 3 is 2.82 bits per heavy atom. The van der Waals surface area contributed by atoms with Crippen molar-refractivity contribution >= 4 is 17.5 Å². The van der Waals surface area contributed by atoms with Gasteiger partial charge in [-0.3, -0.25) is 9.59 Å². The van der Waals surface area contributed by atoms with Gasteiger partial charge in [0.2, 0.25) is 5.91 Å². The topological polar surface area (TPSA) is 76.7 Å². The van der Waals surface area contributed by atoms with E-state index in [9.17, 15) is 9.59 Å². The quantitative estimate of drug-likeness (QED) is 0.735. The van der Waals surface area contributed by atoms with Crippen LogP contribution in [-0.2, 0) is 16.0 Å². The van der Waals surface area contributed by atoms with Gasteiger partial charge in [-0.15, -0.1) is 0 Å². The van der Waals surface area contributed by atoms with Gasteiger partial charge in [-0.1, -0.05) is 24.3 Å². The monoisotopic (exact) mass is 382 g/mol. The molecule has 0 spiro atoms. The summed E-state index contributed by atoms with van der Waals surface area (Å²) in [4.78, 5) is 24.9. The Kier molecular flexibility index (Phi) is 7.03. The van der Waals surface area contributed by atoms with Crippen LogP contribution < -0.4 is 15.4 Å². The SMILES string of the molecule is COc1cccc(CCC(=O)Nc2ccccc2C(=O)NCC2CCCO2)c1. The third-order valence-electron chi connectivity index (χ3n) is 4.73. The van der Waals surface area contributed by atoms with Crippen molar-refractivity contribution in [3.05, 3.63) is 59.7 Å². The van der Waals surface area contributed by atoms with Gasteiger partial charge < -0.3 is 20.1 Å². The smallest absolute Gasteiger partial charge is 0.253 e. The van der Waals surface area contributed by atoms with Crippen LogP contribution in [0.25, 0.3) is 0 Å². The van der Waals surface area contributed by atoms with E-state index in [1.165, 1.54) is 0 Å². The largest absolute Gasteiger partial charge is 0.497 e. The summed E-state index contributed by atoms with van der Waals surface area (Å²) < 4.78 is 10.7. The van der Waals surface area contributed by atoms with Gasteiger partial charge in [-0.2, -0.15) is 0 Å². The van der Waals surface area contributed by atoms with Gasteiger partial charge in [0.25, 0.3) is 5.91 Å². The van der Waals surface area contributed by atoms with Gasteiger partial charge in [-0.05, 0) is 49.1 Å². The molecule has 3 rings (SSSR count). The average molecular weight is 382 g/mol. The first kappa shape index (κ1) is 19.9. The first-order valence-corrected chi connectivity index (χ1v) is 9.57. The highest BCUT2D eigenvalue weighted by Crippen LogP contribution is 2.18. The van der Waals surface area contributed by atoms with E-state index in [4.69, 9.17) is 9.47 Å². The molecule has 0 aromatic heterocycles. The Labute approximate surface area is 165 Å². The third-order valence-corrected chi connectivity index (χ3v) is 4.73. The zero-order valence-corrected chi connectivity index (χ0v) is 16.1. The summed E-state index contributed by atoms with van der Waals surface area (Å²) in [7, 11) is 1.62. The molecule has 28 heavy (non-hydrogen) atoms. The maximum Gasteiger partial charge on any atom is 0.253 e. The summed E-state index contributed by atoms with van der Waals surface area (Å²) in [6, 6.07) is 14.7. The van der Waals surface area contributed by atoms with Crippen molar-refractivity contribution in [3.63, 3.8) is 0 Å². The Morgan fingerprint density at radius 1 is 1.18 bits per heavy atom. The normalized spacial score (nSPS) is 15.8. The number of ether oxygens (including phenoxy) is 2. The lowest BCUT2D eigenvalue weighted by Crippen LogP contribution is -2.32. The second-order valence-corrected chi connectivity index (χ2v) is 6.79. The minimum atomic E-state index is -0.209. The Morgan fingerprint density at radius 2 is 2.04 bits per heavy atom. The van der Waals surface area contributed by atoms with Gasteiger partial charge in [0, 0.05) is 19.6 Å². The van der Waals surface area contributed by atoms with E-state index in [2.05, 4.69) is 10.6 Å². The molecule has 0 bridgehead atoms. The molecule has 1 saturated heterocycles. The molecule has 2 aromatic rings. The van der Waals surface area contributed by atoms with Crippen molar-refractivity contribution in [2.45, 2.75) is 31.8 Å². The van der Waals surface area contributed by atoms with Gasteiger partial charge in [0.05, 0.1) is 24.5 Å². The van der Waals surface area contributed by atoms with E-state index in [1.54, 1.807) is 31.4 Å². The molecule has 1 aliphatic rings. The van der Waals surface area contributed by atoms with Crippen molar-refractivity contribution in [1.82, 2.24) is 5.32 Å². The molecule has 0 saturated carbocycles. The van der Waals surface area contributed by atoms with Gasteiger partial charge in [0.1, 0.15) is 5.75 Å². The molecule has 1 fully saturated rings. The van der Waals surface area contributed by atoms with E-state index < -0.39 is 0 Å². The predicted molar refractivity (Wildman–Crippen MR) is 108 cm³/mol. The first-order chi connectivity index (χ1) is 13.7. The maximum absolute atomic E-state index is 12.5. The number of para-hydroxylation sites is 1. The summed E-state index contributed by atoms with van der Waals surface area (Å²) >= 11 is 0. The van der Waals surface area contributed by atoms with Crippen LogP contribution in [0, 0.1) is 0 Å². The number of amides is 2. The van der Waals surface area contributed by atoms with Gasteiger partial charge >= 0.3 is 0 Å². The summed E-state index contributed by atoms with van der Waals surface area (Å²) in [6.07, 6.45) is 2.98. The molecule has 1 unspecified atom stereocenters. The molecular weight excluding hydrogens is 356 g/mol. The van der Waals surface area contributed by atoms with Crippen LogP contribution in [0.2, 0.25) is 0 Å². The molecule has 0 aliphatic carbocycles. The van der Waals surface area contributed by atoms with Crippen LogP contribution in [0.4, 0.5) is 5.69 Å². The molecule has 6 heteroatoms. The third kappa shape index (κ3) is 5.57. The minimum absolute atomic E-state index is 0.0774. The maximum atomic E-state index is 12.5. The molecule has 6 nitrogen and oxygen atoms in total. The second kappa shape index (κ2) is 9.90. The fraction of sp³-hybridized carbons (Fsp3) is 0.364. The highest BCUT2D eigenvalue weighted by atomic mass is 16.5. The summed E-state index contributed by atoms with van der Waals surface area (Å²) in [5, 5.41) is 5.75. The number of rotatable bonds is 8. The number of carbonyl (C=O) groups excluding carboxylic acids is 2. The lowest BCUT2D eigenvalue weighted by atomic mass is 10.1. The molecular formula is C22H26N2O4. The lowest BCUT2D eigenvalue weighted by Gasteiger charge is -2.14. The summed E-state index contributed by atoms with van der Waals surface area (Å²) in [6.45, 7) is 1.23. The van der Waals surface area contributed by atoms with Gasteiger partial charge in [0.15, 0.2) is 0 Å². The standard InChI is InChI=1S/C22H26N2O4/c1-27-17-7-4-6-16(14-17)11-12-21(25)24-20-10-3-2-9-19(20)22(26)23-15-18-8-5-13-28-18/h2-4,6-7,9-10,14,18H,5,8,11-13,15H2,1H3,(H,23,26)(H,24,25). The number of aryl methyl sites for hydroxylation is 1.